The van der Waals surface area contributed by atoms with Gasteiger partial charge in [-0.05, 0) is 37.4 Å². The Kier molecular flexibility index (Phi) is 4.56. The number of hydrogen-bond donors (Lipinski definition) is 1. The number of benzene rings is 1. The van der Waals surface area contributed by atoms with Crippen molar-refractivity contribution in [1.82, 2.24) is 24.6 Å². The quantitative estimate of drug-likeness (QED) is 0.578. The van der Waals surface area contributed by atoms with E-state index in [4.69, 9.17) is 0 Å². The molecule has 4 aromatic rings. The van der Waals surface area contributed by atoms with Crippen LogP contribution in [0.2, 0.25) is 0 Å². The largest absolute Gasteiger partial charge is 0.334 e. The Morgan fingerprint density at radius 1 is 1.21 bits per heavy atom. The number of nitrogens with one attached hydrogen (secondary N) is 1. The zero-order valence-electron chi connectivity index (χ0n) is 15.8. The van der Waals surface area contributed by atoms with E-state index in [1.54, 1.807) is 22.7 Å². The van der Waals surface area contributed by atoms with Gasteiger partial charge < -0.3 is 9.88 Å². The zero-order valence-corrected chi connectivity index (χ0v) is 16.6. The number of fused-ring (bicyclic) bond motifs is 1. The molecule has 0 aliphatic rings. The highest BCUT2D eigenvalue weighted by atomic mass is 32.1. The summed E-state index contributed by atoms with van der Waals surface area (Å²) in [4.78, 5) is 34.0. The Balaban J connectivity index is 1.63. The molecule has 7 nitrogen and oxygen atoms in total. The number of carbonyl (C=O) groups is 1. The van der Waals surface area contributed by atoms with Gasteiger partial charge in [0.2, 0.25) is 0 Å². The first kappa shape index (κ1) is 18.1. The molecule has 1 N–H and O–H groups in total. The number of para-hydroxylation sites is 1. The molecule has 28 heavy (non-hydrogen) atoms. The molecule has 0 radical (unpaired) electrons. The van der Waals surface area contributed by atoms with E-state index in [0.717, 1.165) is 11.4 Å². The molecule has 4 rings (SSSR count). The van der Waals surface area contributed by atoms with Crippen LogP contribution >= 0.6 is 11.3 Å². The fourth-order valence-electron chi connectivity index (χ4n) is 3.26. The highest BCUT2D eigenvalue weighted by molar-refractivity contribution is 7.17. The maximum Gasteiger partial charge on any atom is 0.268 e. The number of aryl methyl sites for hydroxylation is 1. The predicted molar refractivity (Wildman–Crippen MR) is 109 cm³/mol. The van der Waals surface area contributed by atoms with Crippen molar-refractivity contribution >= 4 is 27.5 Å². The Labute approximate surface area is 165 Å². The average Bonchev–Trinajstić information content (AvgIpc) is 3.26. The summed E-state index contributed by atoms with van der Waals surface area (Å²) in [5, 5.41) is 6.37. The van der Waals surface area contributed by atoms with E-state index in [1.807, 2.05) is 49.6 Å². The number of hydrogen-bond acceptors (Lipinski definition) is 5. The van der Waals surface area contributed by atoms with E-state index in [1.165, 1.54) is 11.3 Å². The number of rotatable bonds is 4. The summed E-state index contributed by atoms with van der Waals surface area (Å²) in [7, 11) is 1.69. The number of aromatic amines is 1. The van der Waals surface area contributed by atoms with Crippen LogP contribution < -0.4 is 5.56 Å². The molecule has 0 saturated heterocycles. The Morgan fingerprint density at radius 3 is 2.71 bits per heavy atom. The van der Waals surface area contributed by atoms with E-state index in [-0.39, 0.29) is 18.0 Å². The molecular formula is C20H19N5O2S. The van der Waals surface area contributed by atoms with Gasteiger partial charge in [0.25, 0.3) is 11.5 Å². The maximum absolute atomic E-state index is 13.1. The molecule has 1 amide bonds. The molecule has 0 bridgehead atoms. The first-order valence-electron chi connectivity index (χ1n) is 8.79. The molecule has 3 heterocycles. The average molecular weight is 393 g/mol. The number of H-pyrrole nitrogens is 1. The lowest BCUT2D eigenvalue weighted by atomic mass is 10.1. The van der Waals surface area contributed by atoms with Crippen LogP contribution in [0.15, 0.2) is 46.6 Å². The molecule has 0 spiro atoms. The lowest BCUT2D eigenvalue weighted by molar-refractivity contribution is 0.0780. The molecule has 8 heteroatoms. The number of carbonyl (C=O) groups excluding carboxylic acids is 1. The molecule has 3 aromatic heterocycles. The van der Waals surface area contributed by atoms with Crippen molar-refractivity contribution in [3.8, 4) is 5.69 Å². The number of amides is 1. The van der Waals surface area contributed by atoms with Crippen molar-refractivity contribution in [3.63, 3.8) is 0 Å². The van der Waals surface area contributed by atoms with Gasteiger partial charge in [-0.2, -0.15) is 5.10 Å². The van der Waals surface area contributed by atoms with Crippen LogP contribution in [-0.2, 0) is 6.54 Å². The summed E-state index contributed by atoms with van der Waals surface area (Å²) in [6, 6.07) is 11.5. The van der Waals surface area contributed by atoms with E-state index in [9.17, 15) is 9.59 Å². The van der Waals surface area contributed by atoms with Gasteiger partial charge in [-0.25, -0.2) is 9.67 Å². The first-order chi connectivity index (χ1) is 13.5. The van der Waals surface area contributed by atoms with E-state index < -0.39 is 0 Å². The second kappa shape index (κ2) is 7.05. The van der Waals surface area contributed by atoms with Crippen LogP contribution in [0.1, 0.15) is 27.6 Å². The number of aromatic nitrogens is 4. The molecule has 1 aromatic carbocycles. The molecular weight excluding hydrogens is 374 g/mol. The van der Waals surface area contributed by atoms with Crippen LogP contribution in [-0.4, -0.2) is 37.6 Å². The molecule has 0 saturated carbocycles. The van der Waals surface area contributed by atoms with Gasteiger partial charge in [-0.15, -0.1) is 11.3 Å². The zero-order chi connectivity index (χ0) is 19.8. The van der Waals surface area contributed by atoms with Crippen LogP contribution in [0.4, 0.5) is 0 Å². The Morgan fingerprint density at radius 2 is 1.96 bits per heavy atom. The van der Waals surface area contributed by atoms with Gasteiger partial charge in [-0.3, -0.25) is 9.59 Å². The Bertz CT molecular complexity index is 1220. The molecule has 142 valence electrons. The maximum atomic E-state index is 13.1. The van der Waals surface area contributed by atoms with Crippen molar-refractivity contribution in [2.24, 2.45) is 0 Å². The van der Waals surface area contributed by atoms with Crippen LogP contribution in [0.5, 0.6) is 0 Å². The standard InChI is InChI=1S/C20H19N5O2S/c1-12-17(13(2)25(23-12)14-7-5-4-6-8-14)20(27)24(3)11-16-21-15-9-10-28-18(15)19(26)22-16/h4-10H,11H2,1-3H3,(H,21,22,26). The van der Waals surface area contributed by atoms with E-state index in [0.29, 0.717) is 27.3 Å². The van der Waals surface area contributed by atoms with Crippen molar-refractivity contribution in [1.29, 1.82) is 0 Å². The number of nitrogens with zero attached hydrogens (tertiary/aromatic N) is 4. The van der Waals surface area contributed by atoms with Crippen LogP contribution in [0.3, 0.4) is 0 Å². The molecule has 0 unspecified atom stereocenters. The van der Waals surface area contributed by atoms with Gasteiger partial charge in [0.15, 0.2) is 0 Å². The molecule has 0 fully saturated rings. The van der Waals surface area contributed by atoms with Gasteiger partial charge in [-0.1, -0.05) is 18.2 Å². The fourth-order valence-corrected chi connectivity index (χ4v) is 3.98. The van der Waals surface area contributed by atoms with Crippen LogP contribution in [0, 0.1) is 13.8 Å². The Hall–Kier alpha value is -3.26. The lowest BCUT2D eigenvalue weighted by Gasteiger charge is -2.17. The monoisotopic (exact) mass is 393 g/mol. The highest BCUT2D eigenvalue weighted by Gasteiger charge is 2.23. The smallest absolute Gasteiger partial charge is 0.268 e. The second-order valence-corrected chi connectivity index (χ2v) is 7.52. The normalized spacial score (nSPS) is 11.1. The third kappa shape index (κ3) is 3.11. The van der Waals surface area contributed by atoms with Crippen molar-refractivity contribution in [3.05, 3.63) is 74.9 Å². The summed E-state index contributed by atoms with van der Waals surface area (Å²) in [5.41, 5.74) is 3.36. The van der Waals surface area contributed by atoms with Crippen molar-refractivity contribution in [2.75, 3.05) is 7.05 Å². The van der Waals surface area contributed by atoms with Gasteiger partial charge >= 0.3 is 0 Å². The summed E-state index contributed by atoms with van der Waals surface area (Å²) in [6.07, 6.45) is 0. The fraction of sp³-hybridized carbons (Fsp3) is 0.200. The number of thiophene rings is 1. The second-order valence-electron chi connectivity index (χ2n) is 6.60. The molecule has 0 atom stereocenters. The third-order valence-electron chi connectivity index (χ3n) is 4.60. The van der Waals surface area contributed by atoms with E-state index in [2.05, 4.69) is 15.1 Å². The lowest BCUT2D eigenvalue weighted by Crippen LogP contribution is -2.29. The first-order valence-corrected chi connectivity index (χ1v) is 9.67. The summed E-state index contributed by atoms with van der Waals surface area (Å²) >= 11 is 1.35. The summed E-state index contributed by atoms with van der Waals surface area (Å²) in [5.74, 6) is 0.294. The minimum atomic E-state index is -0.180. The summed E-state index contributed by atoms with van der Waals surface area (Å²) < 4.78 is 2.36. The molecule has 0 aliphatic heterocycles. The van der Waals surface area contributed by atoms with Gasteiger partial charge in [0, 0.05) is 7.05 Å². The minimum Gasteiger partial charge on any atom is -0.334 e. The van der Waals surface area contributed by atoms with E-state index >= 15 is 0 Å². The van der Waals surface area contributed by atoms with Crippen molar-refractivity contribution < 1.29 is 4.79 Å². The van der Waals surface area contributed by atoms with Gasteiger partial charge in [0.1, 0.15) is 10.5 Å². The van der Waals surface area contributed by atoms with Crippen molar-refractivity contribution in [2.45, 2.75) is 20.4 Å². The summed E-state index contributed by atoms with van der Waals surface area (Å²) in [6.45, 7) is 3.91. The van der Waals surface area contributed by atoms with Gasteiger partial charge in [0.05, 0.1) is 34.7 Å². The SMILES string of the molecule is Cc1nn(-c2ccccc2)c(C)c1C(=O)N(C)Cc1nc2ccsc2c(=O)[nH]1. The third-order valence-corrected chi connectivity index (χ3v) is 5.51. The predicted octanol–water partition coefficient (Wildman–Crippen LogP) is 3.06. The minimum absolute atomic E-state index is 0.162. The molecule has 0 aliphatic carbocycles. The highest BCUT2D eigenvalue weighted by Crippen LogP contribution is 2.20. The van der Waals surface area contributed by atoms with Crippen LogP contribution in [0.25, 0.3) is 15.9 Å². The topological polar surface area (TPSA) is 83.9 Å².